The third-order valence-corrected chi connectivity index (χ3v) is 4.05. The monoisotopic (exact) mass is 247 g/mol. The lowest BCUT2D eigenvalue weighted by atomic mass is 9.84. The smallest absolute Gasteiger partial charge is 0.217 e. The summed E-state index contributed by atoms with van der Waals surface area (Å²) in [7, 11) is -3.03. The molecule has 94 valence electrons. The highest BCUT2D eigenvalue weighted by Crippen LogP contribution is 2.27. The zero-order chi connectivity index (χ0) is 12.2. The molecule has 5 heteroatoms. The number of carbonyl (C=O) groups excluding carboxylic acids is 1. The second kappa shape index (κ2) is 5.66. The van der Waals surface area contributed by atoms with Crippen LogP contribution in [0.25, 0.3) is 0 Å². The second-order valence-electron chi connectivity index (χ2n) is 4.80. The first-order chi connectivity index (χ1) is 7.38. The maximum atomic E-state index is 11.3. The lowest BCUT2D eigenvalue weighted by molar-refractivity contribution is -0.119. The Morgan fingerprint density at radius 3 is 2.31 bits per heavy atom. The topological polar surface area (TPSA) is 63.2 Å². The van der Waals surface area contributed by atoms with Crippen LogP contribution in [0.15, 0.2) is 0 Å². The normalized spacial score (nSPS) is 20.4. The summed E-state index contributed by atoms with van der Waals surface area (Å²) in [5.41, 5.74) is 0. The van der Waals surface area contributed by atoms with Crippen LogP contribution in [-0.2, 0) is 14.6 Å². The molecule has 1 atom stereocenters. The Hall–Kier alpha value is -0.580. The maximum Gasteiger partial charge on any atom is 0.217 e. The van der Waals surface area contributed by atoms with E-state index in [4.69, 9.17) is 0 Å². The molecule has 0 bridgehead atoms. The number of carbonyl (C=O) groups is 1. The van der Waals surface area contributed by atoms with Gasteiger partial charge in [0.1, 0.15) is 9.84 Å². The molecule has 0 saturated heterocycles. The highest BCUT2D eigenvalue weighted by Gasteiger charge is 2.27. The van der Waals surface area contributed by atoms with Crippen molar-refractivity contribution in [3.63, 3.8) is 0 Å². The summed E-state index contributed by atoms with van der Waals surface area (Å²) in [5, 5.41) is 2.79. The van der Waals surface area contributed by atoms with Crippen molar-refractivity contribution in [2.75, 3.05) is 12.0 Å². The number of hydrogen-bond donors (Lipinski definition) is 1. The van der Waals surface area contributed by atoms with Crippen LogP contribution < -0.4 is 5.32 Å². The van der Waals surface area contributed by atoms with Gasteiger partial charge in [0, 0.05) is 19.2 Å². The van der Waals surface area contributed by atoms with Crippen molar-refractivity contribution in [2.24, 2.45) is 5.92 Å². The predicted octanol–water partition coefficient (Wildman–Crippen LogP) is 1.12. The molecule has 0 aliphatic heterocycles. The molecule has 16 heavy (non-hydrogen) atoms. The summed E-state index contributed by atoms with van der Waals surface area (Å²) in [6.07, 6.45) is 6.79. The van der Waals surface area contributed by atoms with Gasteiger partial charge in [-0.3, -0.25) is 4.79 Å². The van der Waals surface area contributed by atoms with Crippen molar-refractivity contribution in [1.82, 2.24) is 5.32 Å². The Morgan fingerprint density at radius 1 is 1.31 bits per heavy atom. The van der Waals surface area contributed by atoms with Crippen molar-refractivity contribution in [1.29, 1.82) is 0 Å². The van der Waals surface area contributed by atoms with Gasteiger partial charge in [0.05, 0.1) is 5.75 Å². The van der Waals surface area contributed by atoms with E-state index in [1.54, 1.807) is 0 Å². The highest BCUT2D eigenvalue weighted by atomic mass is 32.2. The molecular formula is C11H21NO3S. The van der Waals surface area contributed by atoms with Crippen LogP contribution in [0.4, 0.5) is 0 Å². The predicted molar refractivity (Wildman–Crippen MR) is 63.9 cm³/mol. The van der Waals surface area contributed by atoms with Gasteiger partial charge < -0.3 is 5.32 Å². The van der Waals surface area contributed by atoms with Gasteiger partial charge >= 0.3 is 0 Å². The largest absolute Gasteiger partial charge is 0.352 e. The third kappa shape index (κ3) is 4.96. The van der Waals surface area contributed by atoms with Gasteiger partial charge in [0.25, 0.3) is 0 Å². The fourth-order valence-electron chi connectivity index (χ4n) is 2.42. The Labute approximate surface area is 97.7 Å². The SMILES string of the molecule is CC(=O)N[C@H](CS(C)(=O)=O)C1CCCCC1. The van der Waals surface area contributed by atoms with Crippen LogP contribution in [0.3, 0.4) is 0 Å². The first-order valence-electron chi connectivity index (χ1n) is 5.83. The molecule has 0 aromatic heterocycles. The fraction of sp³-hybridized carbons (Fsp3) is 0.909. The summed E-state index contributed by atoms with van der Waals surface area (Å²) in [6, 6.07) is -0.201. The molecule has 1 amide bonds. The standard InChI is InChI=1S/C11H21NO3S/c1-9(13)12-11(8-16(2,14)15)10-6-4-3-5-7-10/h10-11H,3-8H2,1-2H3,(H,12,13)/t11-/m1/s1. The molecule has 0 heterocycles. The van der Waals surface area contributed by atoms with Gasteiger partial charge in [-0.15, -0.1) is 0 Å². The van der Waals surface area contributed by atoms with Crippen LogP contribution >= 0.6 is 0 Å². The number of amides is 1. The van der Waals surface area contributed by atoms with Crippen molar-refractivity contribution >= 4 is 15.7 Å². The minimum atomic E-state index is -3.03. The molecular weight excluding hydrogens is 226 g/mol. The summed E-state index contributed by atoms with van der Waals surface area (Å²) in [6.45, 7) is 1.44. The molecule has 1 fully saturated rings. The number of hydrogen-bond acceptors (Lipinski definition) is 3. The van der Waals surface area contributed by atoms with Crippen LogP contribution in [0.5, 0.6) is 0 Å². The summed E-state index contributed by atoms with van der Waals surface area (Å²) >= 11 is 0. The van der Waals surface area contributed by atoms with Crippen molar-refractivity contribution in [2.45, 2.75) is 45.1 Å². The molecule has 0 unspecified atom stereocenters. The van der Waals surface area contributed by atoms with E-state index in [-0.39, 0.29) is 17.7 Å². The molecule has 0 aromatic carbocycles. The number of rotatable bonds is 4. The molecule has 0 radical (unpaired) electrons. The number of sulfone groups is 1. The highest BCUT2D eigenvalue weighted by molar-refractivity contribution is 7.90. The molecule has 1 aliphatic rings. The van der Waals surface area contributed by atoms with E-state index in [2.05, 4.69) is 5.32 Å². The van der Waals surface area contributed by atoms with E-state index in [1.165, 1.54) is 19.6 Å². The molecule has 1 rings (SSSR count). The van der Waals surface area contributed by atoms with Crippen molar-refractivity contribution in [3.05, 3.63) is 0 Å². The minimum absolute atomic E-state index is 0.0667. The molecule has 1 saturated carbocycles. The lowest BCUT2D eigenvalue weighted by Crippen LogP contribution is -2.44. The van der Waals surface area contributed by atoms with Crippen LogP contribution in [0.2, 0.25) is 0 Å². The fourth-order valence-corrected chi connectivity index (χ4v) is 3.43. The summed E-state index contributed by atoms with van der Waals surface area (Å²) in [5.74, 6) is 0.253. The van der Waals surface area contributed by atoms with Gasteiger partial charge in [-0.05, 0) is 18.8 Å². The van der Waals surface area contributed by atoms with Gasteiger partial charge in [-0.1, -0.05) is 19.3 Å². The van der Waals surface area contributed by atoms with E-state index in [0.29, 0.717) is 5.92 Å². The van der Waals surface area contributed by atoms with Gasteiger partial charge in [0.15, 0.2) is 0 Å². The maximum absolute atomic E-state index is 11.3. The lowest BCUT2D eigenvalue weighted by Gasteiger charge is -2.30. The molecule has 0 aromatic rings. The van der Waals surface area contributed by atoms with Crippen molar-refractivity contribution < 1.29 is 13.2 Å². The molecule has 4 nitrogen and oxygen atoms in total. The Morgan fingerprint density at radius 2 is 1.88 bits per heavy atom. The van der Waals surface area contributed by atoms with Crippen LogP contribution in [-0.4, -0.2) is 32.4 Å². The average molecular weight is 247 g/mol. The van der Waals surface area contributed by atoms with E-state index < -0.39 is 9.84 Å². The minimum Gasteiger partial charge on any atom is -0.352 e. The quantitative estimate of drug-likeness (QED) is 0.809. The summed E-state index contributed by atoms with van der Waals surface area (Å²) < 4.78 is 22.6. The van der Waals surface area contributed by atoms with E-state index in [9.17, 15) is 13.2 Å². The second-order valence-corrected chi connectivity index (χ2v) is 6.98. The van der Waals surface area contributed by atoms with Gasteiger partial charge in [-0.25, -0.2) is 8.42 Å². The van der Waals surface area contributed by atoms with E-state index in [0.717, 1.165) is 25.7 Å². The van der Waals surface area contributed by atoms with Gasteiger partial charge in [-0.2, -0.15) is 0 Å². The van der Waals surface area contributed by atoms with E-state index >= 15 is 0 Å². The van der Waals surface area contributed by atoms with Gasteiger partial charge in [0.2, 0.25) is 5.91 Å². The average Bonchev–Trinajstić information content (AvgIpc) is 2.15. The number of nitrogens with one attached hydrogen (secondary N) is 1. The molecule has 0 spiro atoms. The summed E-state index contributed by atoms with van der Waals surface area (Å²) in [4.78, 5) is 11.1. The van der Waals surface area contributed by atoms with Crippen molar-refractivity contribution in [3.8, 4) is 0 Å². The Balaban J connectivity index is 2.65. The first kappa shape index (κ1) is 13.5. The first-order valence-corrected chi connectivity index (χ1v) is 7.89. The van der Waals surface area contributed by atoms with Crippen LogP contribution in [0.1, 0.15) is 39.0 Å². The van der Waals surface area contributed by atoms with E-state index in [1.807, 2.05) is 0 Å². The zero-order valence-corrected chi connectivity index (χ0v) is 10.8. The Kier molecular flexibility index (Phi) is 4.77. The Bertz CT molecular complexity index is 331. The van der Waals surface area contributed by atoms with Crippen LogP contribution in [0, 0.1) is 5.92 Å². The third-order valence-electron chi connectivity index (χ3n) is 3.09. The molecule has 1 N–H and O–H groups in total. The zero-order valence-electron chi connectivity index (χ0n) is 10.0. The molecule has 1 aliphatic carbocycles.